The minimum absolute atomic E-state index is 0.245. The van der Waals surface area contributed by atoms with E-state index >= 15 is 0 Å². The lowest BCUT2D eigenvalue weighted by atomic mass is 10.1. The molecule has 0 saturated carbocycles. The number of thioether (sulfide) groups is 1. The molecule has 1 aromatic carbocycles. The van der Waals surface area contributed by atoms with Crippen LogP contribution in [0.15, 0.2) is 40.3 Å². The Morgan fingerprint density at radius 3 is 2.82 bits per heavy atom. The normalized spacial score (nSPS) is 10.7. The standard InChI is InChI=1S/C15H13N5OS/c1-2-10-3-5-11(6-4-10)12-9-13-14(21)17-18-15(20(13)19-12)22-8-7-16/h3-6,9H,2,8H2,1H3,(H,17,21). The molecule has 0 atom stereocenters. The summed E-state index contributed by atoms with van der Waals surface area (Å²) >= 11 is 1.23. The van der Waals surface area contributed by atoms with Gasteiger partial charge in [0.1, 0.15) is 5.52 Å². The number of aryl methyl sites for hydroxylation is 1. The number of hydrogen-bond acceptors (Lipinski definition) is 5. The smallest absolute Gasteiger partial charge is 0.266 e. The van der Waals surface area contributed by atoms with Crippen LogP contribution in [0, 0.1) is 11.3 Å². The van der Waals surface area contributed by atoms with Crippen LogP contribution in [-0.2, 0) is 6.42 Å². The van der Waals surface area contributed by atoms with Crippen LogP contribution in [0.5, 0.6) is 0 Å². The van der Waals surface area contributed by atoms with Crippen molar-refractivity contribution in [1.82, 2.24) is 19.8 Å². The number of benzene rings is 1. The Balaban J connectivity index is 2.10. The largest absolute Gasteiger partial charge is 0.290 e. The van der Waals surface area contributed by atoms with Crippen molar-refractivity contribution >= 4 is 17.3 Å². The van der Waals surface area contributed by atoms with E-state index in [1.807, 2.05) is 30.3 Å². The molecule has 0 spiro atoms. The zero-order chi connectivity index (χ0) is 15.5. The molecule has 0 saturated heterocycles. The lowest BCUT2D eigenvalue weighted by Crippen LogP contribution is -2.13. The highest BCUT2D eigenvalue weighted by Gasteiger charge is 2.12. The molecule has 0 bridgehead atoms. The van der Waals surface area contributed by atoms with E-state index in [0.717, 1.165) is 12.0 Å². The van der Waals surface area contributed by atoms with Crippen molar-refractivity contribution in [2.45, 2.75) is 18.5 Å². The predicted octanol–water partition coefficient (Wildman–Crippen LogP) is 2.26. The molecule has 22 heavy (non-hydrogen) atoms. The fourth-order valence-electron chi connectivity index (χ4n) is 2.13. The second-order valence-electron chi connectivity index (χ2n) is 4.66. The number of rotatable bonds is 4. The lowest BCUT2D eigenvalue weighted by Gasteiger charge is -2.00. The van der Waals surface area contributed by atoms with Gasteiger partial charge in [-0.25, -0.2) is 9.61 Å². The van der Waals surface area contributed by atoms with Gasteiger partial charge in [0.2, 0.25) is 5.16 Å². The summed E-state index contributed by atoms with van der Waals surface area (Å²) in [6, 6.07) is 11.8. The zero-order valence-electron chi connectivity index (χ0n) is 11.9. The monoisotopic (exact) mass is 311 g/mol. The van der Waals surface area contributed by atoms with Gasteiger partial charge in [-0.2, -0.15) is 10.4 Å². The number of nitrogens with one attached hydrogen (secondary N) is 1. The van der Waals surface area contributed by atoms with E-state index in [-0.39, 0.29) is 11.3 Å². The molecule has 0 aliphatic carbocycles. The van der Waals surface area contributed by atoms with Crippen molar-refractivity contribution in [2.75, 3.05) is 5.75 Å². The number of H-pyrrole nitrogens is 1. The molecule has 0 aliphatic heterocycles. The van der Waals surface area contributed by atoms with Gasteiger partial charge in [0.05, 0.1) is 17.5 Å². The second kappa shape index (κ2) is 6.03. The number of hydrogen-bond donors (Lipinski definition) is 1. The van der Waals surface area contributed by atoms with Crippen molar-refractivity contribution < 1.29 is 0 Å². The Morgan fingerprint density at radius 1 is 1.36 bits per heavy atom. The Morgan fingerprint density at radius 2 is 2.14 bits per heavy atom. The van der Waals surface area contributed by atoms with Crippen LogP contribution in [0.1, 0.15) is 12.5 Å². The van der Waals surface area contributed by atoms with Crippen LogP contribution < -0.4 is 5.56 Å². The van der Waals surface area contributed by atoms with Crippen molar-refractivity contribution in [3.63, 3.8) is 0 Å². The quantitative estimate of drug-likeness (QED) is 0.747. The van der Waals surface area contributed by atoms with Gasteiger partial charge in [-0.3, -0.25) is 4.79 Å². The van der Waals surface area contributed by atoms with E-state index in [2.05, 4.69) is 22.2 Å². The molecule has 110 valence electrons. The molecule has 0 unspecified atom stereocenters. The summed E-state index contributed by atoms with van der Waals surface area (Å²) in [5.41, 5.74) is 3.02. The minimum Gasteiger partial charge on any atom is -0.266 e. The van der Waals surface area contributed by atoms with Crippen molar-refractivity contribution in [1.29, 1.82) is 5.26 Å². The highest BCUT2D eigenvalue weighted by molar-refractivity contribution is 7.99. The summed E-state index contributed by atoms with van der Waals surface area (Å²) in [4.78, 5) is 11.9. The molecule has 0 aliphatic rings. The molecule has 0 amide bonds. The summed E-state index contributed by atoms with van der Waals surface area (Å²) in [6.07, 6.45) is 0.976. The van der Waals surface area contributed by atoms with Gasteiger partial charge in [0.15, 0.2) is 0 Å². The number of aromatic nitrogens is 4. The van der Waals surface area contributed by atoms with Crippen molar-refractivity contribution in [2.24, 2.45) is 0 Å². The maximum absolute atomic E-state index is 11.9. The molecule has 2 heterocycles. The number of nitrogens with zero attached hydrogens (tertiary/aromatic N) is 4. The van der Waals surface area contributed by atoms with E-state index in [1.54, 1.807) is 6.07 Å². The first-order valence-electron chi connectivity index (χ1n) is 6.80. The molecule has 2 aromatic heterocycles. The fourth-order valence-corrected chi connectivity index (χ4v) is 2.70. The first-order chi connectivity index (χ1) is 10.7. The summed E-state index contributed by atoms with van der Waals surface area (Å²) in [7, 11) is 0. The number of fused-ring (bicyclic) bond motifs is 1. The van der Waals surface area contributed by atoms with Crippen molar-refractivity contribution in [3.05, 3.63) is 46.2 Å². The van der Waals surface area contributed by atoms with Gasteiger partial charge < -0.3 is 0 Å². The first-order valence-corrected chi connectivity index (χ1v) is 7.79. The Kier molecular flexibility index (Phi) is 3.94. The number of aromatic amines is 1. The zero-order valence-corrected chi connectivity index (χ0v) is 12.7. The molecule has 6 nitrogen and oxygen atoms in total. The maximum Gasteiger partial charge on any atom is 0.290 e. The molecule has 0 fully saturated rings. The van der Waals surface area contributed by atoms with Crippen LogP contribution in [0.25, 0.3) is 16.8 Å². The van der Waals surface area contributed by atoms with Crippen LogP contribution >= 0.6 is 11.8 Å². The summed E-state index contributed by atoms with van der Waals surface area (Å²) in [6.45, 7) is 2.10. The Hall–Kier alpha value is -2.59. The lowest BCUT2D eigenvalue weighted by molar-refractivity contribution is 0.729. The average Bonchev–Trinajstić information content (AvgIpc) is 3.01. The third-order valence-electron chi connectivity index (χ3n) is 3.30. The molecular formula is C15H13N5OS. The van der Waals surface area contributed by atoms with Crippen LogP contribution in [0.2, 0.25) is 0 Å². The van der Waals surface area contributed by atoms with Gasteiger partial charge in [-0.1, -0.05) is 43.0 Å². The van der Waals surface area contributed by atoms with E-state index in [9.17, 15) is 4.79 Å². The van der Waals surface area contributed by atoms with Gasteiger partial charge >= 0.3 is 0 Å². The van der Waals surface area contributed by atoms with E-state index in [1.165, 1.54) is 21.8 Å². The third kappa shape index (κ3) is 2.61. The second-order valence-corrected chi connectivity index (χ2v) is 5.60. The molecule has 3 rings (SSSR count). The highest BCUT2D eigenvalue weighted by atomic mass is 32.2. The Bertz CT molecular complexity index is 904. The van der Waals surface area contributed by atoms with Gasteiger partial charge in [-0.15, -0.1) is 5.10 Å². The van der Waals surface area contributed by atoms with E-state index in [4.69, 9.17) is 5.26 Å². The van der Waals surface area contributed by atoms with Crippen LogP contribution in [-0.4, -0.2) is 25.6 Å². The molecule has 1 N–H and O–H groups in total. The molecule has 7 heteroatoms. The van der Waals surface area contributed by atoms with E-state index in [0.29, 0.717) is 16.4 Å². The van der Waals surface area contributed by atoms with E-state index < -0.39 is 0 Å². The fraction of sp³-hybridized carbons (Fsp3) is 0.200. The summed E-state index contributed by atoms with van der Waals surface area (Å²) in [5, 5.41) is 20.0. The predicted molar refractivity (Wildman–Crippen MR) is 84.8 cm³/mol. The van der Waals surface area contributed by atoms with Gasteiger partial charge in [0.25, 0.3) is 5.56 Å². The van der Waals surface area contributed by atoms with Crippen LogP contribution in [0.4, 0.5) is 0 Å². The van der Waals surface area contributed by atoms with Crippen molar-refractivity contribution in [3.8, 4) is 17.3 Å². The van der Waals surface area contributed by atoms with Crippen LogP contribution in [0.3, 0.4) is 0 Å². The molecule has 0 radical (unpaired) electrons. The summed E-state index contributed by atoms with van der Waals surface area (Å²) < 4.78 is 1.49. The maximum atomic E-state index is 11.9. The van der Waals surface area contributed by atoms with Gasteiger partial charge in [-0.05, 0) is 18.1 Å². The summed E-state index contributed by atoms with van der Waals surface area (Å²) in [5.74, 6) is 0.245. The Labute approximate surface area is 130 Å². The SMILES string of the molecule is CCc1ccc(-c2cc3c(=O)[nH]nc(SCC#N)n3n2)cc1. The highest BCUT2D eigenvalue weighted by Crippen LogP contribution is 2.21. The minimum atomic E-state index is -0.301. The first kappa shape index (κ1) is 14.4. The molecular weight excluding hydrogens is 298 g/mol. The number of nitriles is 1. The topological polar surface area (TPSA) is 86.8 Å². The van der Waals surface area contributed by atoms with Gasteiger partial charge in [0, 0.05) is 5.56 Å². The third-order valence-corrected chi connectivity index (χ3v) is 4.10. The molecule has 3 aromatic rings. The average molecular weight is 311 g/mol.